The Morgan fingerprint density at radius 1 is 1.08 bits per heavy atom. The van der Waals surface area contributed by atoms with Crippen LogP contribution in [0.2, 0.25) is 5.02 Å². The van der Waals surface area contributed by atoms with Gasteiger partial charge in [0.05, 0.1) is 18.3 Å². The molecule has 0 radical (unpaired) electrons. The van der Waals surface area contributed by atoms with Crippen LogP contribution in [-0.4, -0.2) is 76.5 Å². The number of Topliss-reactive ketones (excluding diaryl/α,β-unsaturated/α-hetero) is 1. The van der Waals surface area contributed by atoms with Crippen molar-refractivity contribution in [3.05, 3.63) is 70.2 Å². The lowest BCUT2D eigenvalue weighted by molar-refractivity contribution is -0.144. The second-order valence-electron chi connectivity index (χ2n) is 14.4. The molecule has 4 amide bonds. The molecular formula is C36H42ClF2N5O7. The standard InChI is InChI=1S/C36H42ClF2N5O7/c1-5-7-26(29(45)32(47)40-25-10-11-25)41-31(46)28-17-36(16-27(43-51-36)21-8-6-9-22(37)14-21)19-44(28)33(48)30(35(2,3)4)42-34(49)50-18-20-12-23(38)15-24(39)13-20/h6,8-9,12-15,25-26,28,30H,5,7,10-11,16-19H2,1-4H3,(H,40,47)(H,41,46)(H,42,49)/t26-,28-,30+,36+/m0/s1. The van der Waals surface area contributed by atoms with Gasteiger partial charge in [0.25, 0.3) is 5.91 Å². The maximum atomic E-state index is 14.5. The predicted molar refractivity (Wildman–Crippen MR) is 182 cm³/mol. The van der Waals surface area contributed by atoms with Gasteiger partial charge in [-0.05, 0) is 54.5 Å². The Kier molecular flexibility index (Phi) is 11.3. The number of alkyl carbamates (subject to hydrolysis) is 1. The first-order chi connectivity index (χ1) is 24.1. The molecule has 2 aromatic rings. The maximum absolute atomic E-state index is 14.5. The molecule has 3 N–H and O–H groups in total. The number of oxime groups is 1. The summed E-state index contributed by atoms with van der Waals surface area (Å²) in [5.41, 5.74) is -0.721. The number of nitrogens with one attached hydrogen (secondary N) is 3. The minimum Gasteiger partial charge on any atom is -0.445 e. The van der Waals surface area contributed by atoms with Crippen molar-refractivity contribution < 1.29 is 42.3 Å². The van der Waals surface area contributed by atoms with Crippen molar-refractivity contribution in [3.63, 3.8) is 0 Å². The number of likely N-dealkylation sites (tertiary alicyclic amines) is 1. The highest BCUT2D eigenvalue weighted by atomic mass is 35.5. The van der Waals surface area contributed by atoms with E-state index < -0.39 is 77.0 Å². The highest BCUT2D eigenvalue weighted by Crippen LogP contribution is 2.40. The molecule has 1 saturated heterocycles. The number of hydrogen-bond acceptors (Lipinski definition) is 8. The van der Waals surface area contributed by atoms with E-state index in [1.165, 1.54) is 4.90 Å². The fourth-order valence-electron chi connectivity index (χ4n) is 6.24. The summed E-state index contributed by atoms with van der Waals surface area (Å²) < 4.78 is 32.6. The Hall–Kier alpha value is -4.59. The van der Waals surface area contributed by atoms with Crippen LogP contribution in [0.3, 0.4) is 0 Å². The third-order valence-corrected chi connectivity index (χ3v) is 9.23. The Balaban J connectivity index is 1.38. The quantitative estimate of drug-likeness (QED) is 0.271. The van der Waals surface area contributed by atoms with Crippen molar-refractivity contribution in [3.8, 4) is 0 Å². The Labute approximate surface area is 299 Å². The molecule has 15 heteroatoms. The number of ether oxygens (including phenoxy) is 1. The van der Waals surface area contributed by atoms with Gasteiger partial charge in [0.1, 0.15) is 30.3 Å². The number of carbonyl (C=O) groups is 5. The number of nitrogens with zero attached hydrogens (tertiary/aromatic N) is 2. The van der Waals surface area contributed by atoms with Crippen LogP contribution in [-0.2, 0) is 35.4 Å². The molecule has 51 heavy (non-hydrogen) atoms. The maximum Gasteiger partial charge on any atom is 0.408 e. The number of amides is 4. The third kappa shape index (κ3) is 9.40. The van der Waals surface area contributed by atoms with Crippen LogP contribution in [0.15, 0.2) is 47.6 Å². The summed E-state index contributed by atoms with van der Waals surface area (Å²) in [6.07, 6.45) is 1.44. The first-order valence-electron chi connectivity index (χ1n) is 16.9. The van der Waals surface area contributed by atoms with Crippen molar-refractivity contribution >= 4 is 46.9 Å². The summed E-state index contributed by atoms with van der Waals surface area (Å²) in [5, 5.41) is 12.7. The molecule has 4 atom stereocenters. The zero-order valence-electron chi connectivity index (χ0n) is 28.9. The smallest absolute Gasteiger partial charge is 0.408 e. The summed E-state index contributed by atoms with van der Waals surface area (Å²) in [6, 6.07) is 6.13. The van der Waals surface area contributed by atoms with E-state index in [1.54, 1.807) is 39.0 Å². The highest BCUT2D eigenvalue weighted by Gasteiger charge is 2.55. The van der Waals surface area contributed by atoms with E-state index in [-0.39, 0.29) is 37.4 Å². The number of halogens is 3. The summed E-state index contributed by atoms with van der Waals surface area (Å²) in [4.78, 5) is 74.6. The Bertz CT molecular complexity index is 1710. The van der Waals surface area contributed by atoms with E-state index in [1.807, 2.05) is 13.0 Å². The number of rotatable bonds is 12. The monoisotopic (exact) mass is 729 g/mol. The molecule has 2 aliphatic heterocycles. The average molecular weight is 730 g/mol. The van der Waals surface area contributed by atoms with E-state index in [9.17, 15) is 32.8 Å². The van der Waals surface area contributed by atoms with Gasteiger partial charge in [-0.15, -0.1) is 0 Å². The lowest BCUT2D eigenvalue weighted by Crippen LogP contribution is -2.59. The van der Waals surface area contributed by atoms with Gasteiger partial charge in [0.15, 0.2) is 5.60 Å². The van der Waals surface area contributed by atoms with Crippen LogP contribution < -0.4 is 16.0 Å². The van der Waals surface area contributed by atoms with Gasteiger partial charge in [0, 0.05) is 35.5 Å². The van der Waals surface area contributed by atoms with Crippen LogP contribution in [0.5, 0.6) is 0 Å². The molecule has 0 bridgehead atoms. The van der Waals surface area contributed by atoms with Gasteiger partial charge in [-0.2, -0.15) is 0 Å². The lowest BCUT2D eigenvalue weighted by Gasteiger charge is -2.35. The highest BCUT2D eigenvalue weighted by molar-refractivity contribution is 6.38. The first-order valence-corrected chi connectivity index (χ1v) is 17.3. The molecule has 5 rings (SSSR count). The third-order valence-electron chi connectivity index (χ3n) is 9.00. The molecule has 0 unspecified atom stereocenters. The molecule has 3 aliphatic rings. The van der Waals surface area contributed by atoms with E-state index in [0.29, 0.717) is 28.8 Å². The van der Waals surface area contributed by atoms with Gasteiger partial charge >= 0.3 is 6.09 Å². The molecule has 1 aliphatic carbocycles. The van der Waals surface area contributed by atoms with Crippen LogP contribution >= 0.6 is 11.6 Å². The number of ketones is 1. The summed E-state index contributed by atoms with van der Waals surface area (Å²) in [6.45, 7) is 6.37. The molecule has 2 heterocycles. The molecule has 1 saturated carbocycles. The molecular weight excluding hydrogens is 688 g/mol. The van der Waals surface area contributed by atoms with Gasteiger partial charge in [-0.25, -0.2) is 13.6 Å². The lowest BCUT2D eigenvalue weighted by atomic mass is 9.85. The number of hydrogen-bond donors (Lipinski definition) is 3. The average Bonchev–Trinajstić information content (AvgIpc) is 3.65. The van der Waals surface area contributed by atoms with E-state index in [2.05, 4.69) is 21.1 Å². The summed E-state index contributed by atoms with van der Waals surface area (Å²) in [7, 11) is 0. The zero-order valence-corrected chi connectivity index (χ0v) is 29.6. The van der Waals surface area contributed by atoms with Crippen molar-refractivity contribution in [1.82, 2.24) is 20.9 Å². The molecule has 2 aromatic carbocycles. The number of carbonyl (C=O) groups excluding carboxylic acids is 5. The SMILES string of the molecule is CCC[C@H](NC(=O)[C@@H]1C[C@]2(CC(c3cccc(Cl)c3)=NO2)CN1C(=O)[C@@H](NC(=O)OCc1cc(F)cc(F)c1)C(C)(C)C)C(=O)C(=O)NC1CC1. The van der Waals surface area contributed by atoms with Gasteiger partial charge in [0.2, 0.25) is 17.6 Å². The van der Waals surface area contributed by atoms with E-state index >= 15 is 0 Å². The van der Waals surface area contributed by atoms with Crippen LogP contribution in [0.1, 0.15) is 77.3 Å². The minimum atomic E-state index is -1.24. The normalized spacial score (nSPS) is 21.0. The van der Waals surface area contributed by atoms with Crippen LogP contribution in [0.4, 0.5) is 13.6 Å². The van der Waals surface area contributed by atoms with Crippen molar-refractivity contribution in [2.24, 2.45) is 10.6 Å². The van der Waals surface area contributed by atoms with Crippen molar-refractivity contribution in [2.45, 2.75) is 103 Å². The van der Waals surface area contributed by atoms with Crippen LogP contribution in [0.25, 0.3) is 0 Å². The van der Waals surface area contributed by atoms with E-state index in [4.69, 9.17) is 21.2 Å². The fraction of sp³-hybridized carbons (Fsp3) is 0.500. The first kappa shape index (κ1) is 37.7. The largest absolute Gasteiger partial charge is 0.445 e. The predicted octanol–water partition coefficient (Wildman–Crippen LogP) is 4.56. The van der Waals surface area contributed by atoms with Crippen molar-refractivity contribution in [2.75, 3.05) is 6.54 Å². The second kappa shape index (κ2) is 15.3. The number of benzene rings is 2. The Morgan fingerprint density at radius 2 is 1.78 bits per heavy atom. The van der Waals surface area contributed by atoms with Gasteiger partial charge in [-0.1, -0.05) is 63.0 Å². The molecule has 2 fully saturated rings. The summed E-state index contributed by atoms with van der Waals surface area (Å²) >= 11 is 6.21. The molecule has 274 valence electrons. The molecule has 1 spiro atoms. The molecule has 0 aromatic heterocycles. The van der Waals surface area contributed by atoms with E-state index in [0.717, 1.165) is 25.0 Å². The van der Waals surface area contributed by atoms with Crippen molar-refractivity contribution in [1.29, 1.82) is 0 Å². The fourth-order valence-corrected chi connectivity index (χ4v) is 6.43. The van der Waals surface area contributed by atoms with Crippen LogP contribution in [0, 0.1) is 17.0 Å². The topological polar surface area (TPSA) is 156 Å². The second-order valence-corrected chi connectivity index (χ2v) is 14.9. The molecule has 12 nitrogen and oxygen atoms in total. The summed E-state index contributed by atoms with van der Waals surface area (Å²) in [5.74, 6) is -4.55. The Morgan fingerprint density at radius 3 is 2.41 bits per heavy atom. The zero-order chi connectivity index (χ0) is 37.1. The minimum absolute atomic E-state index is 0.00805. The van der Waals surface area contributed by atoms with Gasteiger partial charge < -0.3 is 30.4 Å². The van der Waals surface area contributed by atoms with Gasteiger partial charge in [-0.3, -0.25) is 19.2 Å².